The van der Waals surface area contributed by atoms with E-state index in [1.165, 1.54) is 0 Å². The molecule has 0 aromatic carbocycles. The van der Waals surface area contributed by atoms with Crippen LogP contribution < -0.4 is 15.4 Å². The number of aromatic nitrogens is 2. The van der Waals surface area contributed by atoms with E-state index in [2.05, 4.69) is 20.6 Å². The zero-order valence-electron chi connectivity index (χ0n) is 10.1. The van der Waals surface area contributed by atoms with Gasteiger partial charge in [0.05, 0.1) is 13.7 Å². The van der Waals surface area contributed by atoms with E-state index >= 15 is 0 Å². The molecule has 1 aromatic heterocycles. The highest BCUT2D eigenvalue weighted by atomic mass is 32.1. The molecule has 0 spiro atoms. The van der Waals surface area contributed by atoms with Crippen LogP contribution in [-0.2, 0) is 4.74 Å². The molecule has 17 heavy (non-hydrogen) atoms. The summed E-state index contributed by atoms with van der Waals surface area (Å²) < 4.78 is 9.94. The van der Waals surface area contributed by atoms with Crippen LogP contribution >= 0.6 is 12.2 Å². The molecule has 0 aliphatic rings. The summed E-state index contributed by atoms with van der Waals surface area (Å²) >= 11 is 5.07. The first-order chi connectivity index (χ1) is 8.15. The molecule has 6 nitrogen and oxygen atoms in total. The number of hydrogen-bond donors (Lipinski definition) is 2. The summed E-state index contributed by atoms with van der Waals surface area (Å²) in [6, 6.07) is 1.74. The topological polar surface area (TPSA) is 68.3 Å². The predicted octanol–water partition coefficient (Wildman–Crippen LogP) is 0.726. The third-order valence-corrected chi connectivity index (χ3v) is 2.10. The van der Waals surface area contributed by atoms with Crippen LogP contribution in [0.2, 0.25) is 0 Å². The fourth-order valence-electron chi connectivity index (χ4n) is 1.11. The molecule has 1 rings (SSSR count). The maximum Gasteiger partial charge on any atom is 0.232 e. The minimum absolute atomic E-state index is 0.414. The van der Waals surface area contributed by atoms with Crippen molar-refractivity contribution >= 4 is 23.3 Å². The van der Waals surface area contributed by atoms with Crippen molar-refractivity contribution in [2.45, 2.75) is 6.92 Å². The first kappa shape index (κ1) is 13.6. The Hall–Kier alpha value is -1.47. The number of thiocarbonyl (C=S) groups is 1. The first-order valence-electron chi connectivity index (χ1n) is 5.09. The molecule has 0 saturated carbocycles. The Morgan fingerprint density at radius 2 is 2.18 bits per heavy atom. The van der Waals surface area contributed by atoms with Gasteiger partial charge in [0.25, 0.3) is 0 Å². The lowest BCUT2D eigenvalue weighted by Crippen LogP contribution is -2.31. The molecule has 0 aliphatic carbocycles. The van der Waals surface area contributed by atoms with Gasteiger partial charge in [-0.25, -0.2) is 4.98 Å². The van der Waals surface area contributed by atoms with Crippen molar-refractivity contribution in [3.05, 3.63) is 11.8 Å². The Balaban J connectivity index is 2.55. The van der Waals surface area contributed by atoms with Crippen molar-refractivity contribution < 1.29 is 9.47 Å². The smallest absolute Gasteiger partial charge is 0.232 e. The zero-order valence-corrected chi connectivity index (χ0v) is 10.9. The lowest BCUT2D eigenvalue weighted by atomic mass is 10.4. The Labute approximate surface area is 106 Å². The SMILES string of the molecule is COCCNC(=S)Nc1nc(C)cc(OC)n1. The molecule has 1 heterocycles. The van der Waals surface area contributed by atoms with Gasteiger partial charge in [-0.05, 0) is 19.1 Å². The van der Waals surface area contributed by atoms with Gasteiger partial charge in [-0.3, -0.25) is 0 Å². The molecule has 7 heteroatoms. The number of methoxy groups -OCH3 is 2. The van der Waals surface area contributed by atoms with Gasteiger partial charge in [-0.1, -0.05) is 0 Å². The molecule has 0 fully saturated rings. The summed E-state index contributed by atoms with van der Waals surface area (Å²) in [6.07, 6.45) is 0. The highest BCUT2D eigenvalue weighted by molar-refractivity contribution is 7.80. The summed E-state index contributed by atoms with van der Waals surface area (Å²) in [5.74, 6) is 0.913. The molecular weight excluding hydrogens is 240 g/mol. The monoisotopic (exact) mass is 256 g/mol. The number of anilines is 1. The normalized spacial score (nSPS) is 9.82. The molecule has 0 saturated heterocycles. The van der Waals surface area contributed by atoms with E-state index in [1.807, 2.05) is 6.92 Å². The summed E-state index contributed by atoms with van der Waals surface area (Å²) in [5.41, 5.74) is 0.805. The molecule has 0 aliphatic heterocycles. The molecule has 0 amide bonds. The second-order valence-corrected chi connectivity index (χ2v) is 3.66. The Bertz CT molecular complexity index is 387. The largest absolute Gasteiger partial charge is 0.481 e. The average Bonchev–Trinajstić information content (AvgIpc) is 2.28. The number of rotatable bonds is 5. The third-order valence-electron chi connectivity index (χ3n) is 1.86. The minimum Gasteiger partial charge on any atom is -0.481 e. The number of nitrogens with zero attached hydrogens (tertiary/aromatic N) is 2. The van der Waals surface area contributed by atoms with E-state index in [4.69, 9.17) is 21.7 Å². The molecule has 94 valence electrons. The van der Waals surface area contributed by atoms with E-state index in [0.717, 1.165) is 5.69 Å². The molecule has 0 radical (unpaired) electrons. The van der Waals surface area contributed by atoms with Crippen molar-refractivity contribution in [2.24, 2.45) is 0 Å². The van der Waals surface area contributed by atoms with Crippen LogP contribution in [0.25, 0.3) is 0 Å². The lowest BCUT2D eigenvalue weighted by molar-refractivity contribution is 0.204. The first-order valence-corrected chi connectivity index (χ1v) is 5.50. The van der Waals surface area contributed by atoms with E-state index in [1.54, 1.807) is 20.3 Å². The third kappa shape index (κ3) is 4.92. The fraction of sp³-hybridized carbons (Fsp3) is 0.500. The van der Waals surface area contributed by atoms with Crippen LogP contribution in [0.3, 0.4) is 0 Å². The van der Waals surface area contributed by atoms with Crippen molar-refractivity contribution in [3.8, 4) is 5.88 Å². The predicted molar refractivity (Wildman–Crippen MR) is 69.4 cm³/mol. The summed E-state index contributed by atoms with van der Waals surface area (Å²) in [6.45, 7) is 3.07. The number of nitrogens with one attached hydrogen (secondary N) is 2. The number of ether oxygens (including phenoxy) is 2. The maximum atomic E-state index is 5.07. The van der Waals surface area contributed by atoms with Gasteiger partial charge in [-0.2, -0.15) is 4.98 Å². The van der Waals surface area contributed by atoms with E-state index < -0.39 is 0 Å². The van der Waals surface area contributed by atoms with Crippen molar-refractivity contribution in [3.63, 3.8) is 0 Å². The molecule has 2 N–H and O–H groups in total. The fourth-order valence-corrected chi connectivity index (χ4v) is 1.31. The van der Waals surface area contributed by atoms with Crippen LogP contribution in [0.1, 0.15) is 5.69 Å². The Morgan fingerprint density at radius 1 is 1.41 bits per heavy atom. The van der Waals surface area contributed by atoms with Crippen LogP contribution in [0, 0.1) is 6.92 Å². The van der Waals surface area contributed by atoms with Crippen LogP contribution in [0.15, 0.2) is 6.07 Å². The molecule has 1 aromatic rings. The maximum absolute atomic E-state index is 5.07. The van der Waals surface area contributed by atoms with Gasteiger partial charge in [0, 0.05) is 25.4 Å². The van der Waals surface area contributed by atoms with E-state index in [9.17, 15) is 0 Å². The molecule has 0 bridgehead atoms. The molecule has 0 atom stereocenters. The van der Waals surface area contributed by atoms with Crippen LogP contribution in [0.4, 0.5) is 5.95 Å². The van der Waals surface area contributed by atoms with Gasteiger partial charge < -0.3 is 20.1 Å². The van der Waals surface area contributed by atoms with Gasteiger partial charge >= 0.3 is 0 Å². The van der Waals surface area contributed by atoms with Gasteiger partial charge in [0.2, 0.25) is 11.8 Å². The summed E-state index contributed by atoms with van der Waals surface area (Å²) in [7, 11) is 3.19. The van der Waals surface area contributed by atoms with Gasteiger partial charge in [-0.15, -0.1) is 0 Å². The zero-order chi connectivity index (χ0) is 12.7. The Morgan fingerprint density at radius 3 is 2.82 bits per heavy atom. The minimum atomic E-state index is 0.414. The van der Waals surface area contributed by atoms with Crippen molar-refractivity contribution in [2.75, 3.05) is 32.7 Å². The average molecular weight is 256 g/mol. The highest BCUT2D eigenvalue weighted by Crippen LogP contribution is 2.10. The number of hydrogen-bond acceptors (Lipinski definition) is 5. The second-order valence-electron chi connectivity index (χ2n) is 3.25. The standard InChI is InChI=1S/C10H16N4O2S/c1-7-6-8(16-3)13-9(12-7)14-10(17)11-4-5-15-2/h6H,4-5H2,1-3H3,(H2,11,12,13,14,17). The lowest BCUT2D eigenvalue weighted by Gasteiger charge is -2.09. The van der Waals surface area contributed by atoms with Gasteiger partial charge in [0.1, 0.15) is 0 Å². The Kier molecular flexibility index (Phi) is 5.58. The molecular formula is C10H16N4O2S. The van der Waals surface area contributed by atoms with Crippen LogP contribution in [0.5, 0.6) is 5.88 Å². The van der Waals surface area contributed by atoms with Gasteiger partial charge in [0.15, 0.2) is 5.11 Å². The van der Waals surface area contributed by atoms with Crippen LogP contribution in [-0.4, -0.2) is 42.5 Å². The van der Waals surface area contributed by atoms with E-state index in [-0.39, 0.29) is 0 Å². The molecule has 0 unspecified atom stereocenters. The van der Waals surface area contributed by atoms with Crippen molar-refractivity contribution in [1.82, 2.24) is 15.3 Å². The quantitative estimate of drug-likeness (QED) is 0.594. The summed E-state index contributed by atoms with van der Waals surface area (Å²) in [4.78, 5) is 8.31. The highest BCUT2D eigenvalue weighted by Gasteiger charge is 2.03. The van der Waals surface area contributed by atoms with E-state index in [0.29, 0.717) is 30.1 Å². The number of aryl methyl sites for hydroxylation is 1. The summed E-state index contributed by atoms with van der Waals surface area (Å²) in [5, 5.41) is 6.30. The second kappa shape index (κ2) is 6.97. The van der Waals surface area contributed by atoms with Crippen molar-refractivity contribution in [1.29, 1.82) is 0 Å².